The summed E-state index contributed by atoms with van der Waals surface area (Å²) in [6, 6.07) is 11.9. The van der Waals surface area contributed by atoms with Gasteiger partial charge in [-0.1, -0.05) is 23.7 Å². The molecule has 1 fully saturated rings. The van der Waals surface area contributed by atoms with E-state index >= 15 is 0 Å². The smallest absolute Gasteiger partial charge is 0.255 e. The number of amides is 1. The molecule has 3 heterocycles. The van der Waals surface area contributed by atoms with Crippen molar-refractivity contribution in [2.45, 2.75) is 13.0 Å². The summed E-state index contributed by atoms with van der Waals surface area (Å²) in [6.07, 6.45) is 3.40. The molecule has 1 amide bonds. The van der Waals surface area contributed by atoms with Crippen LogP contribution in [0.2, 0.25) is 5.02 Å². The molecule has 26 heavy (non-hydrogen) atoms. The second-order valence-corrected chi connectivity index (χ2v) is 7.01. The molecule has 4 rings (SSSR count). The molecule has 0 bridgehead atoms. The van der Waals surface area contributed by atoms with Crippen LogP contribution >= 0.6 is 11.6 Å². The van der Waals surface area contributed by atoms with Crippen LogP contribution in [0.15, 0.2) is 48.9 Å². The summed E-state index contributed by atoms with van der Waals surface area (Å²) < 4.78 is 1.77. The summed E-state index contributed by atoms with van der Waals surface area (Å²) in [5, 5.41) is 8.57. The molecule has 0 aliphatic carbocycles. The highest BCUT2D eigenvalue weighted by atomic mass is 35.5. The fraction of sp³-hybridized carbons (Fsp3) is 0.316. The summed E-state index contributed by atoms with van der Waals surface area (Å²) >= 11 is 5.98. The van der Waals surface area contributed by atoms with Crippen LogP contribution in [0.1, 0.15) is 28.9 Å². The van der Waals surface area contributed by atoms with Gasteiger partial charge in [0.25, 0.3) is 5.91 Å². The molecule has 2 aromatic heterocycles. The van der Waals surface area contributed by atoms with Crippen molar-refractivity contribution in [2.24, 2.45) is 0 Å². The molecular formula is C19H20ClN5O. The maximum atomic E-state index is 12.8. The van der Waals surface area contributed by atoms with Crippen molar-refractivity contribution in [1.29, 1.82) is 0 Å². The van der Waals surface area contributed by atoms with Crippen molar-refractivity contribution in [3.8, 4) is 0 Å². The van der Waals surface area contributed by atoms with Crippen molar-refractivity contribution in [3.05, 3.63) is 65.1 Å². The summed E-state index contributed by atoms with van der Waals surface area (Å²) in [5.41, 5.74) is 2.65. The largest absolute Gasteiger partial charge is 0.336 e. The molecule has 1 atom stereocenters. The first-order valence-electron chi connectivity index (χ1n) is 8.70. The Morgan fingerprint density at radius 3 is 2.54 bits per heavy atom. The first kappa shape index (κ1) is 17.0. The molecule has 1 unspecified atom stereocenters. The number of rotatable bonds is 3. The normalized spacial score (nSPS) is 16.8. The molecule has 3 aromatic rings. The van der Waals surface area contributed by atoms with Crippen LogP contribution in [0.25, 0.3) is 5.65 Å². The van der Waals surface area contributed by atoms with E-state index in [2.05, 4.69) is 34.2 Å². The van der Waals surface area contributed by atoms with E-state index in [0.717, 1.165) is 36.8 Å². The maximum Gasteiger partial charge on any atom is 0.255 e. The summed E-state index contributed by atoms with van der Waals surface area (Å²) in [7, 11) is 0. The number of carbonyl (C=O) groups is 1. The van der Waals surface area contributed by atoms with Gasteiger partial charge in [0.05, 0.1) is 5.56 Å². The van der Waals surface area contributed by atoms with Gasteiger partial charge in [-0.3, -0.25) is 14.1 Å². The predicted molar refractivity (Wildman–Crippen MR) is 100 cm³/mol. The highest BCUT2D eigenvalue weighted by Crippen LogP contribution is 2.23. The monoisotopic (exact) mass is 369 g/mol. The van der Waals surface area contributed by atoms with Crippen LogP contribution < -0.4 is 0 Å². The summed E-state index contributed by atoms with van der Waals surface area (Å²) in [4.78, 5) is 17.1. The fourth-order valence-corrected chi connectivity index (χ4v) is 3.53. The molecule has 7 heteroatoms. The van der Waals surface area contributed by atoms with Crippen molar-refractivity contribution >= 4 is 23.2 Å². The molecule has 6 nitrogen and oxygen atoms in total. The number of benzene rings is 1. The van der Waals surface area contributed by atoms with Crippen LogP contribution in [0.4, 0.5) is 0 Å². The van der Waals surface area contributed by atoms with Crippen molar-refractivity contribution in [1.82, 2.24) is 24.4 Å². The van der Waals surface area contributed by atoms with Gasteiger partial charge < -0.3 is 4.90 Å². The first-order chi connectivity index (χ1) is 12.6. The van der Waals surface area contributed by atoms with E-state index in [-0.39, 0.29) is 5.91 Å². The Morgan fingerprint density at radius 2 is 1.81 bits per heavy atom. The Bertz CT molecular complexity index is 915. The average Bonchev–Trinajstić information content (AvgIpc) is 3.15. The minimum Gasteiger partial charge on any atom is -0.336 e. The number of carbonyl (C=O) groups excluding carboxylic acids is 1. The van der Waals surface area contributed by atoms with Gasteiger partial charge in [-0.15, -0.1) is 10.2 Å². The minimum atomic E-state index is 0.0550. The van der Waals surface area contributed by atoms with Gasteiger partial charge in [0.1, 0.15) is 6.33 Å². The van der Waals surface area contributed by atoms with Gasteiger partial charge in [0.2, 0.25) is 0 Å². The zero-order valence-electron chi connectivity index (χ0n) is 14.5. The Morgan fingerprint density at radius 1 is 1.08 bits per heavy atom. The fourth-order valence-electron chi connectivity index (χ4n) is 3.40. The zero-order valence-corrected chi connectivity index (χ0v) is 15.3. The van der Waals surface area contributed by atoms with Gasteiger partial charge in [0, 0.05) is 43.4 Å². The number of hydrogen-bond donors (Lipinski definition) is 0. The number of piperazine rings is 1. The van der Waals surface area contributed by atoms with Crippen molar-refractivity contribution < 1.29 is 4.79 Å². The van der Waals surface area contributed by atoms with Crippen LogP contribution in [-0.4, -0.2) is 56.5 Å². The van der Waals surface area contributed by atoms with E-state index in [1.807, 2.05) is 29.2 Å². The second kappa shape index (κ2) is 7.05. The second-order valence-electron chi connectivity index (χ2n) is 6.57. The molecule has 0 N–H and O–H groups in total. The zero-order chi connectivity index (χ0) is 18.1. The van der Waals surface area contributed by atoms with Gasteiger partial charge >= 0.3 is 0 Å². The van der Waals surface area contributed by atoms with E-state index < -0.39 is 0 Å². The molecule has 1 aliphatic heterocycles. The standard InChI is InChI=1S/C19H20ClN5O/c1-14(15-2-5-17(20)6-3-15)23-8-10-24(11-9-23)19(26)16-4-7-18-22-21-13-25(18)12-16/h2-7,12-14H,8-11H2,1H3. The number of aromatic nitrogens is 3. The molecule has 0 radical (unpaired) electrons. The molecule has 1 aliphatic rings. The lowest BCUT2D eigenvalue weighted by atomic mass is 10.1. The Kier molecular flexibility index (Phi) is 4.61. The first-order valence-corrected chi connectivity index (χ1v) is 9.08. The lowest BCUT2D eigenvalue weighted by Crippen LogP contribution is -2.49. The third-order valence-electron chi connectivity index (χ3n) is 5.04. The lowest BCUT2D eigenvalue weighted by molar-refractivity contribution is 0.0581. The van der Waals surface area contributed by atoms with Gasteiger partial charge in [-0.2, -0.15) is 0 Å². The number of hydrogen-bond acceptors (Lipinski definition) is 4. The van der Waals surface area contributed by atoms with E-state index in [0.29, 0.717) is 11.6 Å². The predicted octanol–water partition coefficient (Wildman–Crippen LogP) is 2.90. The SMILES string of the molecule is CC(c1ccc(Cl)cc1)N1CCN(C(=O)c2ccc3nncn3c2)CC1. The molecule has 134 valence electrons. The summed E-state index contributed by atoms with van der Waals surface area (Å²) in [6.45, 7) is 5.34. The van der Waals surface area contributed by atoms with E-state index in [9.17, 15) is 4.79 Å². The Hall–Kier alpha value is -2.44. The van der Waals surface area contributed by atoms with E-state index in [1.54, 1.807) is 16.9 Å². The van der Waals surface area contributed by atoms with Crippen LogP contribution in [0, 0.1) is 0 Å². The molecular weight excluding hydrogens is 350 g/mol. The van der Waals surface area contributed by atoms with Crippen LogP contribution in [0.3, 0.4) is 0 Å². The minimum absolute atomic E-state index is 0.0550. The molecule has 1 saturated heterocycles. The van der Waals surface area contributed by atoms with Gasteiger partial charge in [-0.25, -0.2) is 0 Å². The lowest BCUT2D eigenvalue weighted by Gasteiger charge is -2.38. The quantitative estimate of drug-likeness (QED) is 0.712. The van der Waals surface area contributed by atoms with Gasteiger partial charge in [0.15, 0.2) is 5.65 Å². The third kappa shape index (κ3) is 3.30. The Labute approximate surface area is 157 Å². The maximum absolute atomic E-state index is 12.8. The highest BCUT2D eigenvalue weighted by molar-refractivity contribution is 6.30. The Balaban J connectivity index is 1.41. The molecule has 0 saturated carbocycles. The third-order valence-corrected chi connectivity index (χ3v) is 5.29. The van der Waals surface area contributed by atoms with Gasteiger partial charge in [-0.05, 0) is 36.8 Å². The average molecular weight is 370 g/mol. The van der Waals surface area contributed by atoms with Crippen LogP contribution in [0.5, 0.6) is 0 Å². The van der Waals surface area contributed by atoms with E-state index in [1.165, 1.54) is 5.56 Å². The van der Waals surface area contributed by atoms with Crippen molar-refractivity contribution in [3.63, 3.8) is 0 Å². The number of halogens is 1. The number of fused-ring (bicyclic) bond motifs is 1. The molecule has 0 spiro atoms. The van der Waals surface area contributed by atoms with Crippen molar-refractivity contribution in [2.75, 3.05) is 26.2 Å². The highest BCUT2D eigenvalue weighted by Gasteiger charge is 2.25. The number of nitrogens with zero attached hydrogens (tertiary/aromatic N) is 5. The summed E-state index contributed by atoms with van der Waals surface area (Å²) in [5.74, 6) is 0.0550. The molecule has 1 aromatic carbocycles. The van der Waals surface area contributed by atoms with Crippen LogP contribution in [-0.2, 0) is 0 Å². The topological polar surface area (TPSA) is 53.7 Å². The van der Waals surface area contributed by atoms with E-state index in [4.69, 9.17) is 11.6 Å². The number of pyridine rings is 1.